The molecule has 1 heterocycles. The van der Waals surface area contributed by atoms with Crippen LogP contribution in [0.3, 0.4) is 0 Å². The first-order valence-electron chi connectivity index (χ1n) is 8.28. The van der Waals surface area contributed by atoms with Crippen molar-refractivity contribution in [2.24, 2.45) is 0 Å². The van der Waals surface area contributed by atoms with Gasteiger partial charge in [0.05, 0.1) is 4.90 Å². The fraction of sp³-hybridized carbons (Fsp3) is 0.211. The van der Waals surface area contributed by atoms with Crippen molar-refractivity contribution in [1.29, 1.82) is 0 Å². The molecule has 26 heavy (non-hydrogen) atoms. The first-order valence-corrected chi connectivity index (χ1v) is 10.6. The second-order valence-electron chi connectivity index (χ2n) is 6.40. The number of aryl methyl sites for hydroxylation is 1. The van der Waals surface area contributed by atoms with Gasteiger partial charge in [0, 0.05) is 16.1 Å². The van der Waals surface area contributed by atoms with Crippen molar-refractivity contribution >= 4 is 31.7 Å². The number of nitrogens with one attached hydrogen (secondary N) is 1. The topological polar surface area (TPSA) is 72.2 Å². The van der Waals surface area contributed by atoms with E-state index in [9.17, 15) is 8.42 Å². The summed E-state index contributed by atoms with van der Waals surface area (Å²) < 4.78 is 32.9. The summed E-state index contributed by atoms with van der Waals surface area (Å²) in [4.78, 5) is 4.54. The molecule has 0 atom stereocenters. The molecule has 0 aliphatic heterocycles. The zero-order chi connectivity index (χ0) is 18.3. The maximum absolute atomic E-state index is 13.1. The second kappa shape index (κ2) is 6.55. The van der Waals surface area contributed by atoms with E-state index in [1.165, 1.54) is 0 Å². The highest BCUT2D eigenvalue weighted by atomic mass is 79.9. The number of halogens is 1. The number of benzene rings is 2. The molecule has 1 aromatic heterocycles. The van der Waals surface area contributed by atoms with E-state index >= 15 is 0 Å². The largest absolute Gasteiger partial charge is 0.419 e. The van der Waals surface area contributed by atoms with E-state index in [0.29, 0.717) is 0 Å². The molecule has 0 bridgehead atoms. The lowest BCUT2D eigenvalue weighted by Crippen LogP contribution is -2.08. The highest BCUT2D eigenvalue weighted by Gasteiger charge is 2.32. The molecule has 1 aliphatic carbocycles. The Balaban J connectivity index is 1.80. The molecule has 0 amide bonds. The van der Waals surface area contributed by atoms with Crippen molar-refractivity contribution in [1.82, 2.24) is 4.98 Å². The molecule has 0 radical (unpaired) electrons. The third-order valence-corrected chi connectivity index (χ3v) is 6.39. The van der Waals surface area contributed by atoms with Gasteiger partial charge in [-0.05, 0) is 56.2 Å². The van der Waals surface area contributed by atoms with Gasteiger partial charge in [-0.1, -0.05) is 33.6 Å². The minimum atomic E-state index is -3.78. The highest BCUT2D eigenvalue weighted by molar-refractivity contribution is 9.10. The molecular formula is C19H17BrN2O3S. The summed E-state index contributed by atoms with van der Waals surface area (Å²) in [5.74, 6) is 0.498. The first kappa shape index (κ1) is 17.3. The zero-order valence-electron chi connectivity index (χ0n) is 14.1. The Hall–Kier alpha value is -2.12. The Bertz CT molecular complexity index is 1040. The standard InChI is InChI=1S/C19H17BrN2O3S/c1-12-2-10-16(11-3-12)26(23,24)19-18(21-15-8-9-15)25-17(22-19)13-4-6-14(20)7-5-13/h2-7,10-11,15,21H,8-9H2,1H3. The molecule has 0 unspecified atom stereocenters. The average molecular weight is 433 g/mol. The van der Waals surface area contributed by atoms with Gasteiger partial charge >= 0.3 is 0 Å². The zero-order valence-corrected chi connectivity index (χ0v) is 16.5. The Labute approximate surface area is 160 Å². The molecule has 4 rings (SSSR count). The molecule has 1 aliphatic rings. The van der Waals surface area contributed by atoms with Crippen LogP contribution >= 0.6 is 15.9 Å². The van der Waals surface area contributed by atoms with Gasteiger partial charge in [-0.2, -0.15) is 4.98 Å². The summed E-state index contributed by atoms with van der Waals surface area (Å²) in [6.07, 6.45) is 2.00. The third-order valence-electron chi connectivity index (χ3n) is 4.19. The minimum Gasteiger partial charge on any atom is -0.419 e. The smallest absolute Gasteiger partial charge is 0.234 e. The van der Waals surface area contributed by atoms with Gasteiger partial charge in [0.25, 0.3) is 0 Å². The van der Waals surface area contributed by atoms with E-state index in [0.717, 1.165) is 28.4 Å². The van der Waals surface area contributed by atoms with Crippen LogP contribution in [0.2, 0.25) is 0 Å². The second-order valence-corrected chi connectivity index (χ2v) is 9.18. The van der Waals surface area contributed by atoms with E-state index in [1.54, 1.807) is 24.3 Å². The summed E-state index contributed by atoms with van der Waals surface area (Å²) in [6.45, 7) is 1.91. The van der Waals surface area contributed by atoms with Crippen LogP contribution in [-0.2, 0) is 9.84 Å². The van der Waals surface area contributed by atoms with Gasteiger partial charge in [-0.15, -0.1) is 0 Å². The Kier molecular flexibility index (Phi) is 4.36. The lowest BCUT2D eigenvalue weighted by atomic mass is 10.2. The van der Waals surface area contributed by atoms with E-state index in [-0.39, 0.29) is 27.7 Å². The summed E-state index contributed by atoms with van der Waals surface area (Å²) in [7, 11) is -3.78. The molecule has 2 aromatic carbocycles. The maximum atomic E-state index is 13.1. The Morgan fingerprint density at radius 2 is 1.73 bits per heavy atom. The lowest BCUT2D eigenvalue weighted by molar-refractivity contribution is 0.576. The number of oxazole rings is 1. The predicted molar refractivity (Wildman–Crippen MR) is 103 cm³/mol. The van der Waals surface area contributed by atoms with Crippen LogP contribution < -0.4 is 5.32 Å². The fourth-order valence-corrected chi connectivity index (χ4v) is 4.07. The van der Waals surface area contributed by atoms with Crippen molar-refractivity contribution in [3.63, 3.8) is 0 Å². The van der Waals surface area contributed by atoms with Crippen molar-refractivity contribution in [3.8, 4) is 11.5 Å². The molecule has 1 saturated carbocycles. The third kappa shape index (κ3) is 3.41. The van der Waals surface area contributed by atoms with Crippen molar-refractivity contribution in [3.05, 3.63) is 58.6 Å². The monoisotopic (exact) mass is 432 g/mol. The van der Waals surface area contributed by atoms with E-state index in [2.05, 4.69) is 26.2 Å². The van der Waals surface area contributed by atoms with Crippen molar-refractivity contribution in [2.45, 2.75) is 35.7 Å². The molecule has 3 aromatic rings. The maximum Gasteiger partial charge on any atom is 0.234 e. The van der Waals surface area contributed by atoms with Crippen LogP contribution in [0, 0.1) is 6.92 Å². The SMILES string of the molecule is Cc1ccc(S(=O)(=O)c2nc(-c3ccc(Br)cc3)oc2NC2CC2)cc1. The number of nitrogens with zero attached hydrogens (tertiary/aromatic N) is 1. The van der Waals surface area contributed by atoms with Crippen LogP contribution in [0.15, 0.2) is 67.3 Å². The van der Waals surface area contributed by atoms with Gasteiger partial charge in [0.15, 0.2) is 0 Å². The Morgan fingerprint density at radius 1 is 1.08 bits per heavy atom. The lowest BCUT2D eigenvalue weighted by Gasteiger charge is -2.05. The summed E-state index contributed by atoms with van der Waals surface area (Å²) in [5.41, 5.74) is 1.72. The average Bonchev–Trinajstić information content (AvgIpc) is 3.32. The van der Waals surface area contributed by atoms with Crippen LogP contribution in [0.4, 0.5) is 5.88 Å². The van der Waals surface area contributed by atoms with Crippen molar-refractivity contribution < 1.29 is 12.8 Å². The molecule has 1 fully saturated rings. The van der Waals surface area contributed by atoms with Gasteiger partial charge in [0.1, 0.15) is 0 Å². The van der Waals surface area contributed by atoms with Gasteiger partial charge in [-0.25, -0.2) is 8.42 Å². The van der Waals surface area contributed by atoms with Crippen LogP contribution in [0.25, 0.3) is 11.5 Å². The number of anilines is 1. The molecule has 134 valence electrons. The number of sulfone groups is 1. The molecular weight excluding hydrogens is 416 g/mol. The fourth-order valence-electron chi connectivity index (χ4n) is 2.54. The highest BCUT2D eigenvalue weighted by Crippen LogP contribution is 2.35. The van der Waals surface area contributed by atoms with E-state index < -0.39 is 9.84 Å². The number of rotatable bonds is 5. The molecule has 0 spiro atoms. The van der Waals surface area contributed by atoms with Crippen LogP contribution in [-0.4, -0.2) is 19.4 Å². The molecule has 0 saturated heterocycles. The number of hydrogen-bond donors (Lipinski definition) is 1. The minimum absolute atomic E-state index is 0.0637. The molecule has 1 N–H and O–H groups in total. The van der Waals surface area contributed by atoms with Gasteiger partial charge in [0.2, 0.25) is 26.6 Å². The predicted octanol–water partition coefficient (Wildman–Crippen LogP) is 4.82. The molecule has 5 nitrogen and oxygen atoms in total. The quantitative estimate of drug-likeness (QED) is 0.625. The number of aromatic nitrogens is 1. The van der Waals surface area contributed by atoms with Crippen LogP contribution in [0.1, 0.15) is 18.4 Å². The first-order chi connectivity index (χ1) is 12.4. The molecule has 7 heteroatoms. The van der Waals surface area contributed by atoms with Gasteiger partial charge < -0.3 is 9.73 Å². The summed E-state index contributed by atoms with van der Waals surface area (Å²) in [5, 5.41) is 3.09. The van der Waals surface area contributed by atoms with Gasteiger partial charge in [-0.3, -0.25) is 0 Å². The van der Waals surface area contributed by atoms with Crippen molar-refractivity contribution in [2.75, 3.05) is 5.32 Å². The number of hydrogen-bond acceptors (Lipinski definition) is 5. The summed E-state index contributed by atoms with van der Waals surface area (Å²) in [6, 6.07) is 14.4. The van der Waals surface area contributed by atoms with E-state index in [1.807, 2.05) is 31.2 Å². The van der Waals surface area contributed by atoms with E-state index in [4.69, 9.17) is 4.42 Å². The normalized spacial score (nSPS) is 14.4. The Morgan fingerprint density at radius 3 is 2.35 bits per heavy atom. The van der Waals surface area contributed by atoms with Crippen LogP contribution in [0.5, 0.6) is 0 Å². The summed E-state index contributed by atoms with van der Waals surface area (Å²) >= 11 is 3.39.